The highest BCUT2D eigenvalue weighted by molar-refractivity contribution is 7.87. The number of nitrogens with zero attached hydrogens (tertiary/aromatic N) is 2. The quantitative estimate of drug-likeness (QED) is 0.771. The van der Waals surface area contributed by atoms with Crippen LogP contribution in [0.2, 0.25) is 0 Å². The summed E-state index contributed by atoms with van der Waals surface area (Å²) >= 11 is 0. The summed E-state index contributed by atoms with van der Waals surface area (Å²) in [7, 11) is -3.58. The molecule has 29 heavy (non-hydrogen) atoms. The summed E-state index contributed by atoms with van der Waals surface area (Å²) in [6, 6.07) is 4.97. The second-order valence-corrected chi connectivity index (χ2v) is 9.41. The lowest BCUT2D eigenvalue weighted by molar-refractivity contribution is -0.274. The highest BCUT2D eigenvalue weighted by Crippen LogP contribution is 2.43. The van der Waals surface area contributed by atoms with Crippen molar-refractivity contribution in [2.24, 2.45) is 5.41 Å². The number of carbonyl (C=O) groups excluding carboxylic acids is 1. The van der Waals surface area contributed by atoms with E-state index in [1.165, 1.54) is 28.6 Å². The van der Waals surface area contributed by atoms with E-state index in [0.29, 0.717) is 31.5 Å². The van der Waals surface area contributed by atoms with E-state index < -0.39 is 22.0 Å². The van der Waals surface area contributed by atoms with Crippen LogP contribution in [0.25, 0.3) is 0 Å². The summed E-state index contributed by atoms with van der Waals surface area (Å²) < 4.78 is 69.3. The topological polar surface area (TPSA) is 79.0 Å². The van der Waals surface area contributed by atoms with Crippen LogP contribution in [0.1, 0.15) is 33.1 Å². The summed E-state index contributed by atoms with van der Waals surface area (Å²) in [6.45, 7) is 4.42. The Labute approximate surface area is 168 Å². The number of carbonyl (C=O) groups is 1. The Morgan fingerprint density at radius 3 is 2.14 bits per heavy atom. The predicted molar refractivity (Wildman–Crippen MR) is 101 cm³/mol. The fourth-order valence-corrected chi connectivity index (χ4v) is 5.29. The number of alkyl halides is 3. The van der Waals surface area contributed by atoms with Crippen molar-refractivity contribution >= 4 is 21.8 Å². The first-order chi connectivity index (χ1) is 13.4. The number of anilines is 1. The molecule has 0 atom stereocenters. The Morgan fingerprint density at radius 1 is 1.07 bits per heavy atom. The van der Waals surface area contributed by atoms with Crippen LogP contribution in [0.5, 0.6) is 5.75 Å². The van der Waals surface area contributed by atoms with E-state index in [1.807, 2.05) is 0 Å². The van der Waals surface area contributed by atoms with Gasteiger partial charge in [0.15, 0.2) is 0 Å². The van der Waals surface area contributed by atoms with E-state index in [2.05, 4.69) is 9.46 Å². The number of hydrogen-bond donors (Lipinski definition) is 1. The zero-order valence-corrected chi connectivity index (χ0v) is 17.0. The molecule has 7 nitrogen and oxygen atoms in total. The van der Waals surface area contributed by atoms with E-state index in [-0.39, 0.29) is 30.8 Å². The Balaban J connectivity index is 1.66. The molecule has 11 heteroatoms. The molecule has 2 aliphatic heterocycles. The van der Waals surface area contributed by atoms with Crippen molar-refractivity contribution in [1.29, 1.82) is 0 Å². The van der Waals surface area contributed by atoms with E-state index in [9.17, 15) is 26.4 Å². The number of hydrogen-bond acceptors (Lipinski definition) is 4. The molecule has 2 saturated heterocycles. The van der Waals surface area contributed by atoms with Crippen LogP contribution in [0.15, 0.2) is 24.3 Å². The van der Waals surface area contributed by atoms with E-state index in [1.54, 1.807) is 18.7 Å². The van der Waals surface area contributed by atoms with Crippen LogP contribution in [0.4, 0.5) is 18.9 Å². The Kier molecular flexibility index (Phi) is 5.85. The second kappa shape index (κ2) is 7.77. The molecule has 0 aromatic heterocycles. The van der Waals surface area contributed by atoms with Crippen molar-refractivity contribution in [1.82, 2.24) is 9.03 Å². The molecular weight excluding hydrogens is 411 g/mol. The third-order valence-corrected chi connectivity index (χ3v) is 7.11. The first kappa shape index (κ1) is 21.8. The third kappa shape index (κ3) is 4.84. The largest absolute Gasteiger partial charge is 0.573 e. The van der Waals surface area contributed by atoms with Crippen molar-refractivity contribution in [3.63, 3.8) is 0 Å². The van der Waals surface area contributed by atoms with Crippen LogP contribution in [0.3, 0.4) is 0 Å². The van der Waals surface area contributed by atoms with Gasteiger partial charge >= 0.3 is 6.36 Å². The van der Waals surface area contributed by atoms with Gasteiger partial charge in [0.2, 0.25) is 5.91 Å². The van der Waals surface area contributed by atoms with Crippen molar-refractivity contribution in [2.75, 3.05) is 24.5 Å². The minimum Gasteiger partial charge on any atom is -0.406 e. The first-order valence-corrected chi connectivity index (χ1v) is 10.8. The molecule has 1 aromatic rings. The molecule has 2 aliphatic rings. The van der Waals surface area contributed by atoms with E-state index in [0.717, 1.165) is 0 Å². The van der Waals surface area contributed by atoms with Gasteiger partial charge in [-0.2, -0.15) is 17.4 Å². The lowest BCUT2D eigenvalue weighted by Crippen LogP contribution is -2.51. The van der Waals surface area contributed by atoms with Crippen LogP contribution in [-0.2, 0) is 15.0 Å². The van der Waals surface area contributed by atoms with Crippen LogP contribution >= 0.6 is 0 Å². The molecule has 0 aliphatic carbocycles. The molecule has 0 unspecified atom stereocenters. The molecule has 0 saturated carbocycles. The standard InChI is InChI=1S/C18H24F3N3O4S/c1-13(2)22-29(26,27)23-10-7-17(8-11-23)9-12-24(16(17)25)14-3-5-15(6-4-14)28-18(19,20)21/h3-6,13,22H,7-12H2,1-2H3. The Hall–Kier alpha value is -1.85. The molecule has 2 fully saturated rings. The Bertz CT molecular complexity index is 848. The van der Waals surface area contributed by atoms with Crippen LogP contribution < -0.4 is 14.4 Å². The van der Waals surface area contributed by atoms with Gasteiger partial charge in [-0.3, -0.25) is 4.79 Å². The molecule has 162 valence electrons. The lowest BCUT2D eigenvalue weighted by atomic mass is 9.77. The summed E-state index contributed by atoms with van der Waals surface area (Å²) in [5.41, 5.74) is -0.136. The average Bonchev–Trinajstić information content (AvgIpc) is 2.90. The van der Waals surface area contributed by atoms with Gasteiger partial charge in [0.25, 0.3) is 10.2 Å². The van der Waals surface area contributed by atoms with Gasteiger partial charge < -0.3 is 9.64 Å². The summed E-state index contributed by atoms with van der Waals surface area (Å²) in [6.07, 6.45) is -3.36. The molecule has 3 rings (SSSR count). The van der Waals surface area contributed by atoms with Crippen LogP contribution in [0, 0.1) is 5.41 Å². The van der Waals surface area contributed by atoms with Gasteiger partial charge in [-0.05, 0) is 57.4 Å². The maximum Gasteiger partial charge on any atom is 0.573 e. The molecule has 0 radical (unpaired) electrons. The molecule has 1 spiro atoms. The minimum atomic E-state index is -4.77. The number of halogens is 3. The van der Waals surface area contributed by atoms with Crippen molar-refractivity contribution < 1.29 is 31.1 Å². The molecular formula is C18H24F3N3O4S. The van der Waals surface area contributed by atoms with Crippen molar-refractivity contribution in [3.8, 4) is 5.75 Å². The number of amides is 1. The normalized spacial score (nSPS) is 20.6. The maximum absolute atomic E-state index is 13.1. The van der Waals surface area contributed by atoms with Crippen molar-refractivity contribution in [3.05, 3.63) is 24.3 Å². The van der Waals surface area contributed by atoms with Crippen molar-refractivity contribution in [2.45, 2.75) is 45.5 Å². The molecule has 1 amide bonds. The van der Waals surface area contributed by atoms with E-state index in [4.69, 9.17) is 0 Å². The smallest absolute Gasteiger partial charge is 0.406 e. The second-order valence-electron chi connectivity index (χ2n) is 7.71. The summed E-state index contributed by atoms with van der Waals surface area (Å²) in [5.74, 6) is -0.463. The monoisotopic (exact) mass is 435 g/mol. The zero-order valence-electron chi connectivity index (χ0n) is 16.2. The fourth-order valence-electron chi connectivity index (χ4n) is 3.89. The lowest BCUT2D eigenvalue weighted by Gasteiger charge is -2.37. The number of nitrogens with one attached hydrogen (secondary N) is 1. The minimum absolute atomic E-state index is 0.115. The fraction of sp³-hybridized carbons (Fsp3) is 0.611. The summed E-state index contributed by atoms with van der Waals surface area (Å²) in [5, 5.41) is 0. The maximum atomic E-state index is 13.1. The SMILES string of the molecule is CC(C)NS(=O)(=O)N1CCC2(CCN(c3ccc(OC(F)(F)F)cc3)C2=O)CC1. The van der Waals surface area contributed by atoms with Gasteiger partial charge in [0.05, 0.1) is 5.41 Å². The van der Waals surface area contributed by atoms with Crippen LogP contribution in [-0.4, -0.2) is 50.7 Å². The van der Waals surface area contributed by atoms with Gasteiger partial charge in [0, 0.05) is 31.4 Å². The van der Waals surface area contributed by atoms with Gasteiger partial charge in [-0.25, -0.2) is 0 Å². The zero-order chi connectivity index (χ0) is 21.4. The number of piperidine rings is 1. The molecule has 0 bridgehead atoms. The summed E-state index contributed by atoms with van der Waals surface area (Å²) in [4.78, 5) is 14.6. The number of ether oxygens (including phenoxy) is 1. The molecule has 2 heterocycles. The predicted octanol–water partition coefficient (Wildman–Crippen LogP) is 2.65. The average molecular weight is 435 g/mol. The number of benzene rings is 1. The highest BCUT2D eigenvalue weighted by atomic mass is 32.2. The molecule has 1 N–H and O–H groups in total. The first-order valence-electron chi connectivity index (χ1n) is 9.37. The number of rotatable bonds is 5. The molecule has 1 aromatic carbocycles. The third-order valence-electron chi connectivity index (χ3n) is 5.30. The van der Waals surface area contributed by atoms with E-state index >= 15 is 0 Å². The van der Waals surface area contributed by atoms with Gasteiger partial charge in [-0.15, -0.1) is 13.2 Å². The Morgan fingerprint density at radius 2 is 1.62 bits per heavy atom. The van der Waals surface area contributed by atoms with Gasteiger partial charge in [-0.1, -0.05) is 0 Å². The highest BCUT2D eigenvalue weighted by Gasteiger charge is 2.49. The van der Waals surface area contributed by atoms with Gasteiger partial charge in [0.1, 0.15) is 5.75 Å².